The molecule has 1 saturated carbocycles. The summed E-state index contributed by atoms with van der Waals surface area (Å²) in [7, 11) is 3.20. The van der Waals surface area contributed by atoms with Crippen LogP contribution in [0.1, 0.15) is 18.4 Å². The number of hydrogen-bond donors (Lipinski definition) is 1. The summed E-state index contributed by atoms with van der Waals surface area (Å²) in [6.07, 6.45) is 1.93. The topological polar surface area (TPSA) is 55.8 Å². The van der Waals surface area contributed by atoms with Crippen molar-refractivity contribution in [3.05, 3.63) is 35.9 Å². The first-order valence-electron chi connectivity index (χ1n) is 7.30. The van der Waals surface area contributed by atoms with E-state index >= 15 is 0 Å². The highest BCUT2D eigenvalue weighted by molar-refractivity contribution is 5.93. The molecule has 116 valence electrons. The number of ketones is 1. The number of benzene rings is 1. The van der Waals surface area contributed by atoms with Gasteiger partial charge in [0.25, 0.3) is 0 Å². The maximum atomic E-state index is 13.0. The summed E-state index contributed by atoms with van der Waals surface area (Å²) >= 11 is 0. The average Bonchev–Trinajstić information content (AvgIpc) is 2.76. The van der Waals surface area contributed by atoms with Crippen LogP contribution in [-0.4, -0.2) is 44.9 Å². The highest BCUT2D eigenvalue weighted by atomic mass is 16.5. The molecule has 0 saturated heterocycles. The number of aliphatic hydroxyl groups excluding tert-OH is 1. The number of hydrogen-bond acceptors (Lipinski definition) is 4. The maximum Gasteiger partial charge on any atom is 0.152 e. The predicted molar refractivity (Wildman–Crippen MR) is 80.1 cm³/mol. The molecule has 1 fully saturated rings. The van der Waals surface area contributed by atoms with Crippen LogP contribution in [0.5, 0.6) is 0 Å². The maximum absolute atomic E-state index is 13.0. The van der Waals surface area contributed by atoms with E-state index in [4.69, 9.17) is 9.47 Å². The highest BCUT2D eigenvalue weighted by Gasteiger charge is 2.56. The van der Waals surface area contributed by atoms with Crippen molar-refractivity contribution in [2.45, 2.75) is 19.3 Å². The fourth-order valence-electron chi connectivity index (χ4n) is 3.50. The van der Waals surface area contributed by atoms with Crippen molar-refractivity contribution in [2.75, 3.05) is 34.0 Å². The molecule has 21 heavy (non-hydrogen) atoms. The van der Waals surface area contributed by atoms with Gasteiger partial charge in [0.2, 0.25) is 0 Å². The molecule has 1 aliphatic carbocycles. The van der Waals surface area contributed by atoms with Gasteiger partial charge in [0, 0.05) is 14.2 Å². The van der Waals surface area contributed by atoms with Gasteiger partial charge in [-0.25, -0.2) is 0 Å². The van der Waals surface area contributed by atoms with E-state index in [1.807, 2.05) is 30.3 Å². The van der Waals surface area contributed by atoms with Gasteiger partial charge in [-0.1, -0.05) is 30.3 Å². The van der Waals surface area contributed by atoms with Crippen molar-refractivity contribution in [1.82, 2.24) is 0 Å². The lowest BCUT2D eigenvalue weighted by molar-refractivity contribution is -0.141. The van der Waals surface area contributed by atoms with E-state index in [0.29, 0.717) is 32.5 Å². The second kappa shape index (κ2) is 6.69. The summed E-state index contributed by atoms with van der Waals surface area (Å²) in [5.74, 6) is 0.0741. The molecule has 0 aliphatic heterocycles. The zero-order chi connectivity index (χ0) is 15.3. The van der Waals surface area contributed by atoms with Crippen molar-refractivity contribution in [2.24, 2.45) is 10.8 Å². The Morgan fingerprint density at radius 1 is 1.05 bits per heavy atom. The second-order valence-electron chi connectivity index (χ2n) is 6.08. The first kappa shape index (κ1) is 16.1. The lowest BCUT2D eigenvalue weighted by Crippen LogP contribution is -2.44. The van der Waals surface area contributed by atoms with Crippen LogP contribution in [0.4, 0.5) is 0 Å². The fourth-order valence-corrected chi connectivity index (χ4v) is 3.50. The molecule has 1 aromatic carbocycles. The van der Waals surface area contributed by atoms with Crippen LogP contribution >= 0.6 is 0 Å². The van der Waals surface area contributed by atoms with Crippen molar-refractivity contribution in [1.29, 1.82) is 0 Å². The van der Waals surface area contributed by atoms with E-state index in [-0.39, 0.29) is 12.4 Å². The Kier molecular flexibility index (Phi) is 5.14. The van der Waals surface area contributed by atoms with Crippen molar-refractivity contribution in [3.8, 4) is 0 Å². The molecule has 1 atom stereocenters. The number of rotatable bonds is 7. The Hall–Kier alpha value is -1.23. The second-order valence-corrected chi connectivity index (χ2v) is 6.08. The van der Waals surface area contributed by atoms with Crippen LogP contribution in [0.25, 0.3) is 0 Å². The van der Waals surface area contributed by atoms with Gasteiger partial charge in [-0.2, -0.15) is 0 Å². The van der Waals surface area contributed by atoms with Gasteiger partial charge in [0.15, 0.2) is 5.78 Å². The van der Waals surface area contributed by atoms with Crippen molar-refractivity contribution in [3.63, 3.8) is 0 Å². The van der Waals surface area contributed by atoms with E-state index in [1.165, 1.54) is 0 Å². The molecule has 1 aliphatic rings. The number of methoxy groups -OCH3 is 2. The quantitative estimate of drug-likeness (QED) is 0.833. The van der Waals surface area contributed by atoms with Crippen LogP contribution in [0, 0.1) is 10.8 Å². The molecule has 0 bridgehead atoms. The molecular weight excluding hydrogens is 268 g/mol. The van der Waals surface area contributed by atoms with Gasteiger partial charge in [0.1, 0.15) is 0 Å². The molecule has 1 N–H and O–H groups in total. The molecule has 1 aromatic rings. The minimum Gasteiger partial charge on any atom is -0.395 e. The molecule has 0 heterocycles. The molecular formula is C17H24O4. The molecule has 0 spiro atoms. The monoisotopic (exact) mass is 292 g/mol. The first-order chi connectivity index (χ1) is 10.1. The van der Waals surface area contributed by atoms with Gasteiger partial charge in [-0.15, -0.1) is 0 Å². The number of carbonyl (C=O) groups is 1. The molecule has 0 radical (unpaired) electrons. The molecule has 0 aromatic heterocycles. The molecule has 2 rings (SSSR count). The first-order valence-corrected chi connectivity index (χ1v) is 7.30. The Labute approximate surface area is 126 Å². The molecule has 1 unspecified atom stereocenters. The summed E-state index contributed by atoms with van der Waals surface area (Å²) in [4.78, 5) is 13.0. The average molecular weight is 292 g/mol. The minimum absolute atomic E-state index is 0.0741. The Morgan fingerprint density at radius 2 is 1.62 bits per heavy atom. The third kappa shape index (κ3) is 3.03. The molecule has 4 nitrogen and oxygen atoms in total. The van der Waals surface area contributed by atoms with Crippen LogP contribution in [0.3, 0.4) is 0 Å². The van der Waals surface area contributed by atoms with Gasteiger partial charge in [-0.05, 0) is 24.8 Å². The summed E-state index contributed by atoms with van der Waals surface area (Å²) in [6.45, 7) is 0.558. The third-order valence-corrected chi connectivity index (χ3v) is 4.57. The lowest BCUT2D eigenvalue weighted by Gasteiger charge is -2.31. The van der Waals surface area contributed by atoms with Gasteiger partial charge < -0.3 is 14.6 Å². The largest absolute Gasteiger partial charge is 0.395 e. The molecule has 4 heteroatoms. The summed E-state index contributed by atoms with van der Waals surface area (Å²) in [5.41, 5.74) is -0.259. The summed E-state index contributed by atoms with van der Waals surface area (Å²) in [6, 6.07) is 9.86. The van der Waals surface area contributed by atoms with Gasteiger partial charge >= 0.3 is 0 Å². The van der Waals surface area contributed by atoms with Crippen molar-refractivity contribution < 1.29 is 19.4 Å². The normalized spacial score (nSPS) is 24.4. The zero-order valence-electron chi connectivity index (χ0n) is 12.8. The number of aliphatic hydroxyl groups is 1. The van der Waals surface area contributed by atoms with E-state index in [0.717, 1.165) is 5.56 Å². The molecule has 0 amide bonds. The van der Waals surface area contributed by atoms with Crippen LogP contribution in [0.15, 0.2) is 30.3 Å². The highest BCUT2D eigenvalue weighted by Crippen LogP contribution is 2.48. The van der Waals surface area contributed by atoms with E-state index in [9.17, 15) is 9.90 Å². The third-order valence-electron chi connectivity index (χ3n) is 4.57. The van der Waals surface area contributed by atoms with Crippen LogP contribution in [-0.2, 0) is 20.7 Å². The van der Waals surface area contributed by atoms with Gasteiger partial charge in [0.05, 0.1) is 30.7 Å². The van der Waals surface area contributed by atoms with E-state index in [2.05, 4.69) is 0 Å². The standard InChI is InChI=1S/C17H24O4/c1-20-12-17(13-21-2)9-8-16(11-18,15(17)19)10-14-6-4-3-5-7-14/h3-7,18H,8-13H2,1-2H3. The van der Waals surface area contributed by atoms with E-state index < -0.39 is 10.8 Å². The Balaban J connectivity index is 2.26. The Morgan fingerprint density at radius 3 is 2.14 bits per heavy atom. The van der Waals surface area contributed by atoms with Gasteiger partial charge in [-0.3, -0.25) is 4.79 Å². The number of Topliss-reactive ketones (excluding diaryl/α,β-unsaturated/α-hetero) is 1. The SMILES string of the molecule is COCC1(COC)CCC(CO)(Cc2ccccc2)C1=O. The summed E-state index contributed by atoms with van der Waals surface area (Å²) in [5, 5.41) is 9.91. The lowest BCUT2D eigenvalue weighted by atomic mass is 9.75. The van der Waals surface area contributed by atoms with Crippen LogP contribution < -0.4 is 0 Å². The number of ether oxygens (including phenoxy) is 2. The minimum atomic E-state index is -0.710. The smallest absolute Gasteiger partial charge is 0.152 e. The fraction of sp³-hybridized carbons (Fsp3) is 0.588. The summed E-state index contributed by atoms with van der Waals surface area (Å²) < 4.78 is 10.5. The zero-order valence-corrected chi connectivity index (χ0v) is 12.8. The number of carbonyl (C=O) groups excluding carboxylic acids is 1. The van der Waals surface area contributed by atoms with Crippen LogP contribution in [0.2, 0.25) is 0 Å². The Bertz CT molecular complexity index is 465. The van der Waals surface area contributed by atoms with E-state index in [1.54, 1.807) is 14.2 Å². The van der Waals surface area contributed by atoms with Crippen molar-refractivity contribution >= 4 is 5.78 Å². The predicted octanol–water partition coefficient (Wildman–Crippen LogP) is 1.85.